The first-order chi connectivity index (χ1) is 34.5. The van der Waals surface area contributed by atoms with Gasteiger partial charge in [0.2, 0.25) is 0 Å². The van der Waals surface area contributed by atoms with Gasteiger partial charge in [0.05, 0.1) is 5.69 Å². The average Bonchev–Trinajstić information content (AvgIpc) is 4.03. The number of unbranched alkanes of at least 4 members (excludes halogenated alkanes) is 1. The average molecular weight is 898 g/mol. The lowest BCUT2D eigenvalue weighted by molar-refractivity contribution is 0.660. The lowest BCUT2D eigenvalue weighted by atomic mass is 9.44. The van der Waals surface area contributed by atoms with Crippen LogP contribution in [0.4, 0.5) is 34.1 Å². The molecular weight excluding hydrogens is 850 g/mol. The monoisotopic (exact) mass is 897 g/mol. The van der Waals surface area contributed by atoms with E-state index in [2.05, 4.69) is 235 Å². The van der Waals surface area contributed by atoms with Crippen LogP contribution in [0.15, 0.2) is 205 Å². The Hall–Kier alpha value is -8.28. The van der Waals surface area contributed by atoms with Crippen molar-refractivity contribution >= 4 is 106 Å². The van der Waals surface area contributed by atoms with Crippen LogP contribution in [0, 0.1) is 0 Å². The first-order valence-corrected chi connectivity index (χ1v) is 25.0. The molecule has 0 saturated heterocycles. The predicted octanol–water partition coefficient (Wildman–Crippen LogP) is 16.4. The number of nitrogens with zero attached hydrogens (tertiary/aromatic N) is 3. The molecule has 10 aromatic carbocycles. The summed E-state index contributed by atoms with van der Waals surface area (Å²) in [6, 6.07) is 74.7. The van der Waals surface area contributed by atoms with E-state index in [4.69, 9.17) is 4.42 Å². The minimum absolute atomic E-state index is 0.140. The lowest BCUT2D eigenvalue weighted by Crippen LogP contribution is -2.57. The Morgan fingerprint density at radius 1 is 0.543 bits per heavy atom. The van der Waals surface area contributed by atoms with Gasteiger partial charge in [-0.3, -0.25) is 0 Å². The summed E-state index contributed by atoms with van der Waals surface area (Å²) >= 11 is 0. The number of anilines is 6. The molecule has 12 aromatic rings. The molecule has 2 aliphatic heterocycles. The largest absolute Gasteiger partial charge is 0.454 e. The zero-order valence-electron chi connectivity index (χ0n) is 39.5. The molecule has 0 atom stereocenters. The minimum atomic E-state index is -0.261. The van der Waals surface area contributed by atoms with Gasteiger partial charge in [-0.1, -0.05) is 155 Å². The van der Waals surface area contributed by atoms with Crippen molar-refractivity contribution in [3.63, 3.8) is 0 Å². The van der Waals surface area contributed by atoms with Crippen LogP contribution in [0.25, 0.3) is 76.8 Å². The third-order valence-corrected chi connectivity index (χ3v) is 16.1. The fourth-order valence-electron chi connectivity index (χ4n) is 13.0. The zero-order chi connectivity index (χ0) is 46.4. The van der Waals surface area contributed by atoms with E-state index in [1.54, 1.807) is 0 Å². The first kappa shape index (κ1) is 39.7. The number of rotatable bonds is 7. The molecule has 0 bridgehead atoms. The summed E-state index contributed by atoms with van der Waals surface area (Å²) in [4.78, 5) is 4.98. The Morgan fingerprint density at radius 2 is 1.27 bits per heavy atom. The van der Waals surface area contributed by atoms with E-state index in [9.17, 15) is 0 Å². The highest BCUT2D eigenvalue weighted by molar-refractivity contribution is 6.90. The number of aromatic nitrogens is 1. The van der Waals surface area contributed by atoms with Gasteiger partial charge in [0.15, 0.2) is 5.58 Å². The van der Waals surface area contributed by atoms with Crippen molar-refractivity contribution in [3.8, 4) is 22.3 Å². The molecule has 0 amide bonds. The molecule has 15 rings (SSSR count). The van der Waals surface area contributed by atoms with E-state index in [0.717, 1.165) is 69.6 Å². The second-order valence-corrected chi connectivity index (χ2v) is 20.2. The topological polar surface area (TPSA) is 24.6 Å². The van der Waals surface area contributed by atoms with Gasteiger partial charge in [0, 0.05) is 72.0 Å². The molecule has 0 spiro atoms. The Balaban J connectivity index is 1.14. The van der Waals surface area contributed by atoms with Crippen molar-refractivity contribution in [3.05, 3.63) is 217 Å². The van der Waals surface area contributed by atoms with Gasteiger partial charge >= 0.3 is 6.85 Å². The second-order valence-electron chi connectivity index (χ2n) is 20.2. The number of aryl methyl sites for hydroxylation is 1. The molecular formula is C65H48BN3O. The molecule has 0 fully saturated rings. The SMILES string of the molecule is CCCCc1cc2c3c(c1)c1c4ccccc4ccc1n3B1c3ccc(N(c4ccccc4)c4ccccc4)cc3N(c3cccc4c3oc3ccccc34)c3cc4c(c-2c31)-c1ccccc1C4(C)C. The minimum Gasteiger partial charge on any atom is -0.454 e. The van der Waals surface area contributed by atoms with Crippen LogP contribution in [0.5, 0.6) is 0 Å². The van der Waals surface area contributed by atoms with Crippen molar-refractivity contribution in [2.75, 3.05) is 9.80 Å². The molecule has 2 aromatic heterocycles. The number of fused-ring (bicyclic) bond motifs is 16. The Kier molecular flexibility index (Phi) is 8.29. The van der Waals surface area contributed by atoms with Crippen LogP contribution in [0.3, 0.4) is 0 Å². The van der Waals surface area contributed by atoms with Crippen molar-refractivity contribution in [2.24, 2.45) is 0 Å². The standard InChI is InChI=1S/C65H48BN3O/c1-4-5-19-40-36-49-59-45-25-13-12-20-41(45)32-35-54(59)69-63(49)50(37-40)61-60-48-27-14-16-29-51(48)65(2,3)52(60)39-57-62(61)66(69)53-34-33-44(67(42-21-8-6-9-22-42)43-23-10-7-11-24-43)38-56(53)68(57)55-30-18-28-47-46-26-15-17-31-58(46)70-64(47)55/h6-18,20-39H,4-5,19H2,1-3H3. The number of furan rings is 1. The smallest absolute Gasteiger partial charge is 0.333 e. The Morgan fingerprint density at radius 3 is 2.09 bits per heavy atom. The molecule has 0 saturated carbocycles. The van der Waals surface area contributed by atoms with Gasteiger partial charge in [-0.15, -0.1) is 0 Å². The van der Waals surface area contributed by atoms with Crippen LogP contribution >= 0.6 is 0 Å². The predicted molar refractivity (Wildman–Crippen MR) is 296 cm³/mol. The molecule has 1 aliphatic carbocycles. The van der Waals surface area contributed by atoms with E-state index in [-0.39, 0.29) is 12.3 Å². The normalized spacial score (nSPS) is 13.9. The summed E-state index contributed by atoms with van der Waals surface area (Å²) in [6.07, 6.45) is 3.32. The van der Waals surface area contributed by atoms with Crippen molar-refractivity contribution in [1.82, 2.24) is 4.48 Å². The van der Waals surface area contributed by atoms with Gasteiger partial charge in [0.25, 0.3) is 0 Å². The molecule has 5 heteroatoms. The Bertz CT molecular complexity index is 4130. The third kappa shape index (κ3) is 5.32. The van der Waals surface area contributed by atoms with Gasteiger partial charge in [0.1, 0.15) is 5.58 Å². The van der Waals surface area contributed by atoms with E-state index in [1.165, 1.54) is 88.1 Å². The van der Waals surface area contributed by atoms with E-state index in [0.29, 0.717) is 0 Å². The number of benzene rings is 10. The maximum Gasteiger partial charge on any atom is 0.333 e. The Labute approximate surface area is 407 Å². The van der Waals surface area contributed by atoms with E-state index >= 15 is 0 Å². The zero-order valence-corrected chi connectivity index (χ0v) is 39.5. The molecule has 4 nitrogen and oxygen atoms in total. The highest BCUT2D eigenvalue weighted by Gasteiger charge is 2.48. The van der Waals surface area contributed by atoms with Crippen molar-refractivity contribution < 1.29 is 4.42 Å². The maximum absolute atomic E-state index is 7.05. The molecule has 332 valence electrons. The summed E-state index contributed by atoms with van der Waals surface area (Å²) < 4.78 is 9.79. The van der Waals surface area contributed by atoms with Gasteiger partial charge < -0.3 is 18.7 Å². The summed E-state index contributed by atoms with van der Waals surface area (Å²) in [6.45, 7) is 7.04. The fraction of sp³-hybridized carbons (Fsp3) is 0.108. The summed E-state index contributed by atoms with van der Waals surface area (Å²) in [5.74, 6) is 0. The maximum atomic E-state index is 7.05. The lowest BCUT2D eigenvalue weighted by Gasteiger charge is -2.42. The van der Waals surface area contributed by atoms with Gasteiger partial charge in [-0.05, 0) is 141 Å². The molecule has 4 heterocycles. The van der Waals surface area contributed by atoms with E-state index in [1.807, 2.05) is 0 Å². The van der Waals surface area contributed by atoms with Crippen LogP contribution in [-0.2, 0) is 11.8 Å². The fourth-order valence-corrected chi connectivity index (χ4v) is 13.0. The molecule has 3 aliphatic rings. The third-order valence-electron chi connectivity index (χ3n) is 16.1. The number of hydrogen-bond donors (Lipinski definition) is 0. The highest BCUT2D eigenvalue weighted by atomic mass is 16.3. The number of para-hydroxylation sites is 4. The van der Waals surface area contributed by atoms with Gasteiger partial charge in [-0.25, -0.2) is 0 Å². The quantitative estimate of drug-likeness (QED) is 0.149. The van der Waals surface area contributed by atoms with Crippen molar-refractivity contribution in [2.45, 2.75) is 45.4 Å². The summed E-state index contributed by atoms with van der Waals surface area (Å²) in [7, 11) is 0. The van der Waals surface area contributed by atoms with E-state index < -0.39 is 0 Å². The van der Waals surface area contributed by atoms with Crippen molar-refractivity contribution in [1.29, 1.82) is 0 Å². The molecule has 0 N–H and O–H groups in total. The summed E-state index contributed by atoms with van der Waals surface area (Å²) in [5.41, 5.74) is 22.9. The summed E-state index contributed by atoms with van der Waals surface area (Å²) in [5, 5.41) is 7.49. The van der Waals surface area contributed by atoms with Crippen LogP contribution < -0.4 is 20.7 Å². The first-order valence-electron chi connectivity index (χ1n) is 25.0. The van der Waals surface area contributed by atoms with Gasteiger partial charge in [-0.2, -0.15) is 0 Å². The van der Waals surface area contributed by atoms with Crippen LogP contribution in [0.1, 0.15) is 50.3 Å². The highest BCUT2D eigenvalue weighted by Crippen LogP contribution is 2.58. The molecule has 0 radical (unpaired) electrons. The second kappa shape index (κ2) is 14.6. The van der Waals surface area contributed by atoms with Crippen LogP contribution in [-0.4, -0.2) is 11.3 Å². The molecule has 0 unspecified atom stereocenters. The number of hydrogen-bond acceptors (Lipinski definition) is 3. The van der Waals surface area contributed by atoms with Crippen LogP contribution in [0.2, 0.25) is 0 Å². The molecule has 70 heavy (non-hydrogen) atoms.